The molecule has 2 aromatic carbocycles. The Bertz CT molecular complexity index is 1160. The number of likely N-dealkylation sites (N-methyl/N-ethyl adjacent to an activating group) is 1. The molecule has 1 unspecified atom stereocenters. The number of benzene rings is 2. The molecule has 7 nitrogen and oxygen atoms in total. The van der Waals surface area contributed by atoms with Crippen LogP contribution in [0.3, 0.4) is 0 Å². The lowest BCUT2D eigenvalue weighted by molar-refractivity contribution is -0.124. The summed E-state index contributed by atoms with van der Waals surface area (Å²) in [5.74, 6) is -0.368. The van der Waals surface area contributed by atoms with Crippen molar-refractivity contribution in [2.75, 3.05) is 49.6 Å². The van der Waals surface area contributed by atoms with Gasteiger partial charge in [0.25, 0.3) is 0 Å². The number of amides is 2. The van der Waals surface area contributed by atoms with E-state index >= 15 is 0 Å². The second kappa shape index (κ2) is 10.5. The number of rotatable bonds is 9. The quantitative estimate of drug-likeness (QED) is 0.456. The van der Waals surface area contributed by atoms with Crippen molar-refractivity contribution in [3.05, 3.63) is 48.3 Å². The highest BCUT2D eigenvalue weighted by Crippen LogP contribution is 2.34. The first-order valence-electron chi connectivity index (χ1n) is 11.5. The number of fused-ring (bicyclic) bond motifs is 1. The number of hydrogen-bond donors (Lipinski definition) is 0. The van der Waals surface area contributed by atoms with Crippen LogP contribution in [0.15, 0.2) is 42.5 Å². The van der Waals surface area contributed by atoms with Gasteiger partial charge >= 0.3 is 0 Å². The Morgan fingerprint density at radius 2 is 1.91 bits per heavy atom. The minimum Gasteiger partial charge on any atom is -0.497 e. The summed E-state index contributed by atoms with van der Waals surface area (Å²) in [4.78, 5) is 36.7. The number of thiazole rings is 1. The van der Waals surface area contributed by atoms with E-state index in [0.29, 0.717) is 23.9 Å². The predicted octanol–water partition coefficient (Wildman–Crippen LogP) is 4.17. The third-order valence-electron chi connectivity index (χ3n) is 6.23. The molecule has 0 radical (unpaired) electrons. The van der Waals surface area contributed by atoms with E-state index in [9.17, 15) is 14.0 Å². The molecule has 1 saturated heterocycles. The van der Waals surface area contributed by atoms with Gasteiger partial charge in [-0.2, -0.15) is 0 Å². The predicted molar refractivity (Wildman–Crippen MR) is 133 cm³/mol. The number of aromatic nitrogens is 1. The molecule has 0 N–H and O–H groups in total. The van der Waals surface area contributed by atoms with Crippen LogP contribution in [0.4, 0.5) is 15.2 Å². The summed E-state index contributed by atoms with van der Waals surface area (Å²) in [5.41, 5.74) is 1.40. The number of nitrogens with zero attached hydrogens (tertiary/aromatic N) is 4. The van der Waals surface area contributed by atoms with Crippen molar-refractivity contribution in [1.29, 1.82) is 0 Å². The molecule has 1 fully saturated rings. The Morgan fingerprint density at radius 1 is 1.18 bits per heavy atom. The first-order valence-corrected chi connectivity index (χ1v) is 12.3. The van der Waals surface area contributed by atoms with E-state index in [1.165, 1.54) is 23.5 Å². The van der Waals surface area contributed by atoms with Crippen LogP contribution in [0.25, 0.3) is 10.2 Å². The van der Waals surface area contributed by atoms with Crippen LogP contribution in [-0.4, -0.2) is 61.5 Å². The zero-order valence-corrected chi connectivity index (χ0v) is 20.5. The molecule has 180 valence electrons. The summed E-state index contributed by atoms with van der Waals surface area (Å²) in [5, 5.41) is 0.619. The average molecular weight is 485 g/mol. The topological polar surface area (TPSA) is 66.0 Å². The smallest absolute Gasteiger partial charge is 0.234 e. The maximum Gasteiger partial charge on any atom is 0.234 e. The number of hydrogen-bond acceptors (Lipinski definition) is 6. The molecule has 1 aliphatic heterocycles. The summed E-state index contributed by atoms with van der Waals surface area (Å²) < 4.78 is 19.6. The molecule has 0 saturated carbocycles. The second-order valence-corrected chi connectivity index (χ2v) is 9.24. The van der Waals surface area contributed by atoms with E-state index in [-0.39, 0.29) is 30.6 Å². The van der Waals surface area contributed by atoms with E-state index in [4.69, 9.17) is 9.72 Å². The van der Waals surface area contributed by atoms with Crippen LogP contribution >= 0.6 is 11.3 Å². The molecular formula is C25H29FN4O3S. The highest BCUT2D eigenvalue weighted by atomic mass is 32.1. The van der Waals surface area contributed by atoms with Crippen LogP contribution in [0.5, 0.6) is 5.75 Å². The van der Waals surface area contributed by atoms with Crippen LogP contribution < -0.4 is 14.5 Å². The van der Waals surface area contributed by atoms with E-state index in [2.05, 4.69) is 18.7 Å². The van der Waals surface area contributed by atoms with Gasteiger partial charge in [0.2, 0.25) is 11.8 Å². The van der Waals surface area contributed by atoms with Gasteiger partial charge in [-0.15, -0.1) is 0 Å². The van der Waals surface area contributed by atoms with E-state index in [1.54, 1.807) is 29.0 Å². The molecule has 1 aliphatic rings. The van der Waals surface area contributed by atoms with Gasteiger partial charge in [-0.25, -0.2) is 9.37 Å². The molecule has 0 bridgehead atoms. The Balaban J connectivity index is 1.60. The Hall–Kier alpha value is -3.04. The molecule has 2 amide bonds. The molecule has 2 heterocycles. The van der Waals surface area contributed by atoms with Gasteiger partial charge in [0, 0.05) is 31.7 Å². The van der Waals surface area contributed by atoms with Crippen molar-refractivity contribution in [3.63, 3.8) is 0 Å². The maximum absolute atomic E-state index is 13.7. The van der Waals surface area contributed by atoms with E-state index < -0.39 is 5.92 Å². The fourth-order valence-corrected chi connectivity index (χ4v) is 5.21. The summed E-state index contributed by atoms with van der Waals surface area (Å²) in [6, 6.07) is 11.4. The van der Waals surface area contributed by atoms with Crippen molar-refractivity contribution in [1.82, 2.24) is 9.88 Å². The molecular weight excluding hydrogens is 455 g/mol. The first-order chi connectivity index (χ1) is 16.4. The number of carbonyl (C=O) groups is 2. The Labute approximate surface area is 202 Å². The highest BCUT2D eigenvalue weighted by molar-refractivity contribution is 7.22. The normalized spacial score (nSPS) is 16.0. The van der Waals surface area contributed by atoms with Crippen molar-refractivity contribution in [2.24, 2.45) is 5.92 Å². The number of methoxy groups -OCH3 is 1. The molecule has 0 spiro atoms. The monoisotopic (exact) mass is 484 g/mol. The van der Waals surface area contributed by atoms with Gasteiger partial charge in [0.05, 0.1) is 23.2 Å². The zero-order chi connectivity index (χ0) is 24.2. The molecule has 1 atom stereocenters. The maximum atomic E-state index is 13.7. The van der Waals surface area contributed by atoms with Crippen molar-refractivity contribution in [2.45, 2.75) is 20.3 Å². The highest BCUT2D eigenvalue weighted by Gasteiger charge is 2.38. The number of anilines is 2. The molecule has 0 aliphatic carbocycles. The number of carbonyl (C=O) groups excluding carboxylic acids is 2. The molecule has 34 heavy (non-hydrogen) atoms. The zero-order valence-electron chi connectivity index (χ0n) is 19.7. The van der Waals surface area contributed by atoms with Crippen molar-refractivity contribution >= 4 is 44.2 Å². The lowest BCUT2D eigenvalue weighted by atomic mass is 10.1. The van der Waals surface area contributed by atoms with Gasteiger partial charge in [0.1, 0.15) is 11.6 Å². The summed E-state index contributed by atoms with van der Waals surface area (Å²) in [7, 11) is 1.62. The first kappa shape index (κ1) is 24.1. The minimum absolute atomic E-state index is 0.115. The lowest BCUT2D eigenvalue weighted by Gasteiger charge is -2.26. The minimum atomic E-state index is -0.490. The standard InChI is InChI=1S/C25H29FN4O3S/c1-4-28(5-2)12-13-29(25-27-21-11-10-20(33-3)15-22(21)34-25)24(32)17-14-23(31)30(16-17)19-8-6-18(26)7-9-19/h6-11,15,17H,4-5,12-14,16H2,1-3H3. The lowest BCUT2D eigenvalue weighted by Crippen LogP contribution is -2.42. The number of halogens is 1. The van der Waals surface area contributed by atoms with Gasteiger partial charge in [-0.05, 0) is 55.6 Å². The number of ether oxygens (including phenoxy) is 1. The van der Waals surface area contributed by atoms with Crippen molar-refractivity contribution in [3.8, 4) is 5.75 Å². The van der Waals surface area contributed by atoms with Crippen LogP contribution in [0, 0.1) is 11.7 Å². The van der Waals surface area contributed by atoms with Gasteiger partial charge in [-0.3, -0.25) is 14.5 Å². The molecule has 3 aromatic rings. The Morgan fingerprint density at radius 3 is 2.59 bits per heavy atom. The molecule has 1 aromatic heterocycles. The summed E-state index contributed by atoms with van der Waals surface area (Å²) in [6.45, 7) is 7.42. The van der Waals surface area contributed by atoms with E-state index in [0.717, 1.165) is 29.1 Å². The third-order valence-corrected chi connectivity index (χ3v) is 7.27. The van der Waals surface area contributed by atoms with Crippen LogP contribution in [-0.2, 0) is 9.59 Å². The molecule has 9 heteroatoms. The average Bonchev–Trinajstić information content (AvgIpc) is 3.45. The second-order valence-electron chi connectivity index (χ2n) is 8.23. The van der Waals surface area contributed by atoms with Gasteiger partial charge in [-0.1, -0.05) is 25.2 Å². The van der Waals surface area contributed by atoms with E-state index in [1.807, 2.05) is 18.2 Å². The van der Waals surface area contributed by atoms with Crippen LogP contribution in [0.2, 0.25) is 0 Å². The third kappa shape index (κ3) is 5.05. The fourth-order valence-electron chi connectivity index (χ4n) is 4.18. The largest absolute Gasteiger partial charge is 0.497 e. The SMILES string of the molecule is CCN(CC)CCN(C(=O)C1CC(=O)N(c2ccc(F)cc2)C1)c1nc2ccc(OC)cc2s1. The van der Waals surface area contributed by atoms with Gasteiger partial charge in [0.15, 0.2) is 5.13 Å². The molecule has 4 rings (SSSR count). The summed E-state index contributed by atoms with van der Waals surface area (Å²) in [6.07, 6.45) is 0.122. The fraction of sp³-hybridized carbons (Fsp3) is 0.400. The van der Waals surface area contributed by atoms with Crippen molar-refractivity contribution < 1.29 is 18.7 Å². The van der Waals surface area contributed by atoms with Gasteiger partial charge < -0.3 is 14.5 Å². The summed E-state index contributed by atoms with van der Waals surface area (Å²) >= 11 is 1.44. The van der Waals surface area contributed by atoms with Crippen LogP contribution in [0.1, 0.15) is 20.3 Å². The Kier molecular flexibility index (Phi) is 7.43.